The van der Waals surface area contributed by atoms with E-state index < -0.39 is 5.97 Å². The zero-order chi connectivity index (χ0) is 13.7. The second-order valence-electron chi connectivity index (χ2n) is 4.88. The van der Waals surface area contributed by atoms with Gasteiger partial charge < -0.3 is 5.11 Å². The fourth-order valence-electron chi connectivity index (χ4n) is 2.43. The molecule has 0 spiro atoms. The van der Waals surface area contributed by atoms with Crippen molar-refractivity contribution in [1.82, 2.24) is 0 Å². The quantitative estimate of drug-likeness (QED) is 0.713. The van der Waals surface area contributed by atoms with Crippen LogP contribution >= 0.6 is 11.3 Å². The van der Waals surface area contributed by atoms with Crippen LogP contribution in [0.25, 0.3) is 10.1 Å². The number of rotatable bonds is 7. The molecule has 0 aliphatic rings. The van der Waals surface area contributed by atoms with Crippen molar-refractivity contribution in [3.05, 3.63) is 34.7 Å². The van der Waals surface area contributed by atoms with Crippen molar-refractivity contribution in [3.63, 3.8) is 0 Å². The minimum atomic E-state index is -0.787. The van der Waals surface area contributed by atoms with Crippen molar-refractivity contribution in [3.8, 4) is 0 Å². The van der Waals surface area contributed by atoms with Gasteiger partial charge in [0, 0.05) is 4.70 Å². The van der Waals surface area contributed by atoms with E-state index in [2.05, 4.69) is 6.92 Å². The summed E-state index contributed by atoms with van der Waals surface area (Å²) in [6.07, 6.45) is 6.92. The third-order valence-electron chi connectivity index (χ3n) is 3.42. The zero-order valence-corrected chi connectivity index (χ0v) is 12.1. The molecule has 1 heterocycles. The fourth-order valence-corrected chi connectivity index (χ4v) is 3.52. The first-order chi connectivity index (χ1) is 9.24. The Bertz CT molecular complexity index is 557. The Morgan fingerprint density at radius 1 is 1.16 bits per heavy atom. The predicted molar refractivity (Wildman–Crippen MR) is 81.2 cm³/mol. The van der Waals surface area contributed by atoms with Gasteiger partial charge in [0.25, 0.3) is 0 Å². The van der Waals surface area contributed by atoms with Crippen molar-refractivity contribution < 1.29 is 9.90 Å². The van der Waals surface area contributed by atoms with Crippen molar-refractivity contribution in [2.24, 2.45) is 0 Å². The predicted octanol–water partition coefficient (Wildman–Crippen LogP) is 5.11. The molecule has 2 aromatic rings. The van der Waals surface area contributed by atoms with Crippen LogP contribution in [0.2, 0.25) is 0 Å². The molecule has 102 valence electrons. The summed E-state index contributed by atoms with van der Waals surface area (Å²) in [6.45, 7) is 2.20. The Morgan fingerprint density at radius 2 is 1.89 bits per heavy atom. The Labute approximate surface area is 118 Å². The summed E-state index contributed by atoms with van der Waals surface area (Å²) in [5.74, 6) is -0.787. The topological polar surface area (TPSA) is 37.3 Å². The number of thiophene rings is 1. The van der Waals surface area contributed by atoms with Gasteiger partial charge in [0.15, 0.2) is 0 Å². The van der Waals surface area contributed by atoms with Gasteiger partial charge in [-0.3, -0.25) is 0 Å². The molecular formula is C16H20O2S. The lowest BCUT2D eigenvalue weighted by atomic mass is 10.0. The molecule has 0 atom stereocenters. The van der Waals surface area contributed by atoms with Gasteiger partial charge >= 0.3 is 5.97 Å². The van der Waals surface area contributed by atoms with Crippen LogP contribution in [0.4, 0.5) is 0 Å². The number of aromatic carboxylic acids is 1. The number of hydrogen-bond donors (Lipinski definition) is 1. The van der Waals surface area contributed by atoms with Gasteiger partial charge in [-0.25, -0.2) is 4.79 Å². The second-order valence-corrected chi connectivity index (χ2v) is 5.93. The van der Waals surface area contributed by atoms with Crippen LogP contribution in [0.5, 0.6) is 0 Å². The molecule has 0 fully saturated rings. The van der Waals surface area contributed by atoms with Crippen molar-refractivity contribution in [2.75, 3.05) is 0 Å². The maximum absolute atomic E-state index is 11.3. The minimum Gasteiger partial charge on any atom is -0.477 e. The molecule has 0 aliphatic carbocycles. The van der Waals surface area contributed by atoms with Gasteiger partial charge in [0.1, 0.15) is 4.88 Å². The third kappa shape index (κ3) is 3.35. The molecule has 3 heteroatoms. The normalized spacial score (nSPS) is 11.0. The fraction of sp³-hybridized carbons (Fsp3) is 0.438. The van der Waals surface area contributed by atoms with Crippen molar-refractivity contribution in [2.45, 2.75) is 45.4 Å². The molecule has 0 aliphatic heterocycles. The molecule has 2 nitrogen and oxygen atoms in total. The summed E-state index contributed by atoms with van der Waals surface area (Å²) in [5.41, 5.74) is 1.03. The number of unbranched alkanes of at least 4 members (excludes halogenated alkanes) is 4. The van der Waals surface area contributed by atoms with E-state index in [9.17, 15) is 9.90 Å². The van der Waals surface area contributed by atoms with E-state index >= 15 is 0 Å². The van der Waals surface area contributed by atoms with Gasteiger partial charge in [-0.2, -0.15) is 0 Å². The standard InChI is InChI=1S/C16H20O2S/c1-2-3-4-5-6-10-13-12-9-7-8-11-14(12)19-15(13)16(17)18/h7-9,11H,2-6,10H2,1H3,(H,17,18). The van der Waals surface area contributed by atoms with E-state index in [1.807, 2.05) is 24.3 Å². The van der Waals surface area contributed by atoms with Crippen molar-refractivity contribution in [1.29, 1.82) is 0 Å². The minimum absolute atomic E-state index is 0.525. The maximum Gasteiger partial charge on any atom is 0.346 e. The largest absolute Gasteiger partial charge is 0.477 e. The number of carboxylic acids is 1. The van der Waals surface area contributed by atoms with Crippen LogP contribution in [-0.4, -0.2) is 11.1 Å². The lowest BCUT2D eigenvalue weighted by Crippen LogP contribution is -1.98. The summed E-state index contributed by atoms with van der Waals surface area (Å²) < 4.78 is 1.09. The molecule has 1 aromatic carbocycles. The van der Waals surface area contributed by atoms with Crippen molar-refractivity contribution >= 4 is 27.4 Å². The molecule has 0 bridgehead atoms. The summed E-state index contributed by atoms with van der Waals surface area (Å²) in [5, 5.41) is 10.4. The van der Waals surface area contributed by atoms with Crippen LogP contribution < -0.4 is 0 Å². The highest BCUT2D eigenvalue weighted by Gasteiger charge is 2.16. The average molecular weight is 276 g/mol. The summed E-state index contributed by atoms with van der Waals surface area (Å²) in [4.78, 5) is 11.9. The van der Waals surface area contributed by atoms with E-state index in [0.717, 1.165) is 28.5 Å². The zero-order valence-electron chi connectivity index (χ0n) is 11.3. The Kier molecular flexibility index (Phi) is 4.97. The maximum atomic E-state index is 11.3. The van der Waals surface area contributed by atoms with E-state index in [1.165, 1.54) is 37.0 Å². The summed E-state index contributed by atoms with van der Waals surface area (Å²) in [6, 6.07) is 8.00. The smallest absolute Gasteiger partial charge is 0.346 e. The van der Waals surface area contributed by atoms with E-state index in [4.69, 9.17) is 0 Å². The molecule has 0 saturated heterocycles. The van der Waals surface area contributed by atoms with Gasteiger partial charge in [-0.05, 0) is 29.9 Å². The molecule has 0 unspecified atom stereocenters. The molecule has 0 radical (unpaired) electrons. The first kappa shape index (κ1) is 14.1. The second kappa shape index (κ2) is 6.71. The lowest BCUT2D eigenvalue weighted by molar-refractivity contribution is 0.0701. The monoisotopic (exact) mass is 276 g/mol. The molecule has 2 rings (SSSR count). The number of carboxylic acid groups (broad SMARTS) is 1. The van der Waals surface area contributed by atoms with E-state index in [0.29, 0.717) is 4.88 Å². The Hall–Kier alpha value is -1.35. The molecule has 1 N–H and O–H groups in total. The Morgan fingerprint density at radius 3 is 2.63 bits per heavy atom. The Balaban J connectivity index is 2.15. The molecule has 19 heavy (non-hydrogen) atoms. The highest BCUT2D eigenvalue weighted by atomic mass is 32.1. The number of benzene rings is 1. The van der Waals surface area contributed by atoms with Gasteiger partial charge in [0.05, 0.1) is 0 Å². The van der Waals surface area contributed by atoms with Crippen LogP contribution in [0, 0.1) is 0 Å². The van der Waals surface area contributed by atoms with Crippen LogP contribution in [0.1, 0.15) is 54.3 Å². The van der Waals surface area contributed by atoms with E-state index in [1.54, 1.807) is 0 Å². The van der Waals surface area contributed by atoms with Gasteiger partial charge in [0.2, 0.25) is 0 Å². The lowest BCUT2D eigenvalue weighted by Gasteiger charge is -2.02. The highest BCUT2D eigenvalue weighted by molar-refractivity contribution is 7.21. The summed E-state index contributed by atoms with van der Waals surface area (Å²) >= 11 is 1.40. The highest BCUT2D eigenvalue weighted by Crippen LogP contribution is 2.32. The number of carbonyl (C=O) groups is 1. The first-order valence-electron chi connectivity index (χ1n) is 6.97. The van der Waals surface area contributed by atoms with Crippen LogP contribution in [0.3, 0.4) is 0 Å². The molecule has 1 aromatic heterocycles. The third-order valence-corrected chi connectivity index (χ3v) is 4.62. The number of aryl methyl sites for hydroxylation is 1. The molecular weight excluding hydrogens is 256 g/mol. The number of fused-ring (bicyclic) bond motifs is 1. The first-order valence-corrected chi connectivity index (χ1v) is 7.79. The SMILES string of the molecule is CCCCCCCc1c(C(=O)O)sc2ccccc12. The summed E-state index contributed by atoms with van der Waals surface area (Å²) in [7, 11) is 0. The number of hydrogen-bond acceptors (Lipinski definition) is 2. The van der Waals surface area contributed by atoms with Crippen LogP contribution in [-0.2, 0) is 6.42 Å². The molecule has 0 amide bonds. The van der Waals surface area contributed by atoms with Gasteiger partial charge in [-0.1, -0.05) is 50.8 Å². The van der Waals surface area contributed by atoms with Crippen LogP contribution in [0.15, 0.2) is 24.3 Å². The van der Waals surface area contributed by atoms with Gasteiger partial charge in [-0.15, -0.1) is 11.3 Å². The van der Waals surface area contributed by atoms with E-state index in [-0.39, 0.29) is 0 Å². The average Bonchev–Trinajstić information content (AvgIpc) is 2.78. The molecule has 0 saturated carbocycles.